The molecule has 0 fully saturated rings. The molecule has 2 rings (SSSR count). The van der Waals surface area contributed by atoms with Crippen LogP contribution in [0, 0.1) is 5.92 Å². The van der Waals surface area contributed by atoms with Crippen molar-refractivity contribution in [2.24, 2.45) is 5.92 Å². The first-order valence-electron chi connectivity index (χ1n) is 9.05. The molecule has 0 saturated carbocycles. The number of carbonyl (C=O) groups is 3. The average molecular weight is 406 g/mol. The Kier molecular flexibility index (Phi) is 7.60. The zero-order valence-electron chi connectivity index (χ0n) is 17.2. The van der Waals surface area contributed by atoms with Crippen LogP contribution in [0.25, 0.3) is 0 Å². The summed E-state index contributed by atoms with van der Waals surface area (Å²) in [5, 5.41) is 2.81. The van der Waals surface area contributed by atoms with Crippen molar-refractivity contribution in [3.8, 4) is 5.75 Å². The Morgan fingerprint density at radius 2 is 1.83 bits per heavy atom. The van der Waals surface area contributed by atoms with Gasteiger partial charge in [0, 0.05) is 18.2 Å². The molecule has 0 aromatic heterocycles. The fraction of sp³-hybridized carbons (Fsp3) is 0.450. The summed E-state index contributed by atoms with van der Waals surface area (Å²) < 4.78 is 20.5. The molecule has 0 aliphatic carbocycles. The molecule has 1 amide bonds. The second-order valence-electron chi connectivity index (χ2n) is 6.75. The summed E-state index contributed by atoms with van der Waals surface area (Å²) in [6.45, 7) is 3.85. The molecule has 1 aromatic rings. The molecule has 29 heavy (non-hydrogen) atoms. The lowest BCUT2D eigenvalue weighted by Crippen LogP contribution is -2.38. The normalized spacial score (nSPS) is 13.9. The second-order valence-corrected chi connectivity index (χ2v) is 6.75. The van der Waals surface area contributed by atoms with E-state index in [2.05, 4.69) is 5.32 Å². The van der Waals surface area contributed by atoms with Crippen molar-refractivity contribution in [2.45, 2.75) is 20.3 Å². The van der Waals surface area contributed by atoms with Gasteiger partial charge in [0.2, 0.25) is 5.91 Å². The molecule has 9 nitrogen and oxygen atoms in total. The van der Waals surface area contributed by atoms with Crippen LogP contribution < -0.4 is 15.0 Å². The lowest BCUT2D eigenvalue weighted by molar-refractivity contribution is -0.140. The molecule has 0 radical (unpaired) electrons. The number of anilines is 2. The fourth-order valence-electron chi connectivity index (χ4n) is 2.87. The molecule has 0 unspecified atom stereocenters. The number of carbonyl (C=O) groups excluding carboxylic acids is 3. The number of benzene rings is 1. The first-order chi connectivity index (χ1) is 13.8. The number of hydrogen-bond acceptors (Lipinski definition) is 8. The van der Waals surface area contributed by atoms with Gasteiger partial charge in [-0.3, -0.25) is 4.79 Å². The standard InChI is InChI=1S/C20H26N2O7/c1-12(2)8-17(23)21-15-7-6-13(9-16(15)26-3)22-11-29-10-14(19(24)27-4)18(22)20(25)28-5/h6-7,9,12H,8,10-11H2,1-5H3,(H,21,23). The highest BCUT2D eigenvalue weighted by atomic mass is 16.5. The van der Waals surface area contributed by atoms with E-state index in [4.69, 9.17) is 18.9 Å². The van der Waals surface area contributed by atoms with Crippen molar-refractivity contribution >= 4 is 29.2 Å². The van der Waals surface area contributed by atoms with Crippen molar-refractivity contribution in [1.29, 1.82) is 0 Å². The van der Waals surface area contributed by atoms with Gasteiger partial charge in [0.25, 0.3) is 0 Å². The molecule has 158 valence electrons. The Bertz CT molecular complexity index is 817. The quantitative estimate of drug-likeness (QED) is 0.687. The Morgan fingerprint density at radius 1 is 1.14 bits per heavy atom. The molecule has 9 heteroatoms. The molecule has 1 heterocycles. The third-order valence-electron chi connectivity index (χ3n) is 4.20. The van der Waals surface area contributed by atoms with E-state index in [-0.39, 0.29) is 36.4 Å². The molecule has 0 atom stereocenters. The van der Waals surface area contributed by atoms with E-state index in [1.54, 1.807) is 18.2 Å². The SMILES string of the molecule is COC(=O)C1=C(C(=O)OC)N(c2ccc(NC(=O)CC(C)C)c(OC)c2)COC1. The number of nitrogens with one attached hydrogen (secondary N) is 1. The van der Waals surface area contributed by atoms with Gasteiger partial charge < -0.3 is 29.2 Å². The summed E-state index contributed by atoms with van der Waals surface area (Å²) in [5.74, 6) is -0.888. The predicted molar refractivity (Wildman–Crippen MR) is 105 cm³/mol. The maximum Gasteiger partial charge on any atom is 0.355 e. The van der Waals surface area contributed by atoms with Gasteiger partial charge in [-0.15, -0.1) is 0 Å². The largest absolute Gasteiger partial charge is 0.494 e. The van der Waals surface area contributed by atoms with Gasteiger partial charge >= 0.3 is 11.9 Å². The van der Waals surface area contributed by atoms with Crippen LogP contribution >= 0.6 is 0 Å². The maximum atomic E-state index is 12.4. The highest BCUT2D eigenvalue weighted by Crippen LogP contribution is 2.33. The van der Waals surface area contributed by atoms with Gasteiger partial charge in [-0.2, -0.15) is 0 Å². The molecule has 1 aromatic carbocycles. The number of methoxy groups -OCH3 is 3. The molecule has 0 saturated heterocycles. The van der Waals surface area contributed by atoms with Gasteiger partial charge in [0.15, 0.2) is 0 Å². The summed E-state index contributed by atoms with van der Waals surface area (Å²) in [6.07, 6.45) is 0.378. The summed E-state index contributed by atoms with van der Waals surface area (Å²) in [4.78, 5) is 38.1. The van der Waals surface area contributed by atoms with E-state index >= 15 is 0 Å². The second kappa shape index (κ2) is 9.92. The summed E-state index contributed by atoms with van der Waals surface area (Å²) in [7, 11) is 3.92. The number of hydrogen-bond donors (Lipinski definition) is 1. The Hall–Kier alpha value is -3.07. The third-order valence-corrected chi connectivity index (χ3v) is 4.20. The minimum atomic E-state index is -0.693. The van der Waals surface area contributed by atoms with Crippen LogP contribution in [0.2, 0.25) is 0 Å². The molecule has 1 aliphatic rings. The van der Waals surface area contributed by atoms with Crippen molar-refractivity contribution in [3.05, 3.63) is 29.5 Å². The van der Waals surface area contributed by atoms with Crippen LogP contribution in [0.3, 0.4) is 0 Å². The first kappa shape index (κ1) is 22.2. The van der Waals surface area contributed by atoms with Crippen molar-refractivity contribution in [2.75, 3.05) is 44.9 Å². The van der Waals surface area contributed by atoms with Gasteiger partial charge in [-0.25, -0.2) is 9.59 Å². The van der Waals surface area contributed by atoms with E-state index < -0.39 is 11.9 Å². The molecule has 1 aliphatic heterocycles. The van der Waals surface area contributed by atoms with Crippen LogP contribution in [-0.2, 0) is 28.6 Å². The van der Waals surface area contributed by atoms with E-state index in [1.165, 1.54) is 26.2 Å². The summed E-state index contributed by atoms with van der Waals surface area (Å²) in [5.41, 5.74) is 1.10. The number of ether oxygens (including phenoxy) is 4. The van der Waals surface area contributed by atoms with E-state index in [1.807, 2.05) is 13.8 Å². The van der Waals surface area contributed by atoms with Crippen LogP contribution in [0.5, 0.6) is 5.75 Å². The zero-order chi connectivity index (χ0) is 21.6. The van der Waals surface area contributed by atoms with Crippen molar-refractivity contribution in [1.82, 2.24) is 0 Å². The summed E-state index contributed by atoms with van der Waals surface area (Å²) >= 11 is 0. The molecule has 0 bridgehead atoms. The highest BCUT2D eigenvalue weighted by molar-refractivity contribution is 6.03. The topological polar surface area (TPSA) is 103 Å². The smallest absolute Gasteiger partial charge is 0.355 e. The maximum absolute atomic E-state index is 12.4. The number of rotatable bonds is 7. The van der Waals surface area contributed by atoms with E-state index in [9.17, 15) is 14.4 Å². The Morgan fingerprint density at radius 3 is 2.41 bits per heavy atom. The predicted octanol–water partition coefficient (Wildman–Crippen LogP) is 2.07. The van der Waals surface area contributed by atoms with Crippen molar-refractivity contribution < 1.29 is 33.3 Å². The summed E-state index contributed by atoms with van der Waals surface area (Å²) in [6, 6.07) is 4.98. The Balaban J connectivity index is 2.42. The van der Waals surface area contributed by atoms with Crippen LogP contribution in [0.1, 0.15) is 20.3 Å². The van der Waals surface area contributed by atoms with Crippen LogP contribution in [0.4, 0.5) is 11.4 Å². The number of amides is 1. The molecular weight excluding hydrogens is 380 g/mol. The fourth-order valence-corrected chi connectivity index (χ4v) is 2.87. The molecule has 1 N–H and O–H groups in total. The van der Waals surface area contributed by atoms with Gasteiger partial charge in [-0.05, 0) is 18.1 Å². The lowest BCUT2D eigenvalue weighted by Gasteiger charge is -2.31. The zero-order valence-corrected chi connectivity index (χ0v) is 17.2. The third kappa shape index (κ3) is 5.26. The van der Waals surface area contributed by atoms with Crippen LogP contribution in [-0.4, -0.2) is 52.5 Å². The lowest BCUT2D eigenvalue weighted by atomic mass is 10.1. The number of nitrogens with zero attached hydrogens (tertiary/aromatic N) is 1. The Labute approximate surface area is 169 Å². The van der Waals surface area contributed by atoms with E-state index in [0.717, 1.165) is 0 Å². The minimum Gasteiger partial charge on any atom is -0.494 e. The van der Waals surface area contributed by atoms with Gasteiger partial charge in [0.1, 0.15) is 18.2 Å². The monoisotopic (exact) mass is 406 g/mol. The first-order valence-corrected chi connectivity index (χ1v) is 9.05. The highest BCUT2D eigenvalue weighted by Gasteiger charge is 2.32. The molecule has 0 spiro atoms. The van der Waals surface area contributed by atoms with E-state index in [0.29, 0.717) is 23.5 Å². The molecular formula is C20H26N2O7. The van der Waals surface area contributed by atoms with Crippen molar-refractivity contribution in [3.63, 3.8) is 0 Å². The average Bonchev–Trinajstić information content (AvgIpc) is 2.71. The number of esters is 2. The van der Waals surface area contributed by atoms with Gasteiger partial charge in [-0.1, -0.05) is 13.8 Å². The van der Waals surface area contributed by atoms with Gasteiger partial charge in [0.05, 0.1) is 39.2 Å². The minimum absolute atomic E-state index is 0.0210. The van der Waals surface area contributed by atoms with Crippen LogP contribution in [0.15, 0.2) is 29.5 Å².